The highest BCUT2D eigenvalue weighted by Crippen LogP contribution is 2.34. The van der Waals surface area contributed by atoms with Crippen molar-refractivity contribution in [3.05, 3.63) is 22.8 Å². The maximum Gasteiger partial charge on any atom is 0.131 e. The van der Waals surface area contributed by atoms with Crippen LogP contribution in [0.5, 0.6) is 0 Å². The molecule has 0 unspecified atom stereocenters. The second-order valence-electron chi connectivity index (χ2n) is 6.56. The number of rotatable bonds is 7. The lowest BCUT2D eigenvalue weighted by atomic mass is 9.84. The zero-order valence-corrected chi connectivity index (χ0v) is 13.5. The number of nitrogens with zero attached hydrogens (tertiary/aromatic N) is 2. The molecule has 1 aliphatic carbocycles. The Hall–Kier alpha value is -0.960. The summed E-state index contributed by atoms with van der Waals surface area (Å²) >= 11 is 0. The van der Waals surface area contributed by atoms with Crippen molar-refractivity contribution in [2.75, 3.05) is 13.1 Å². The minimum absolute atomic E-state index is 0.633. The Labute approximate surface area is 123 Å². The molecular weight excluding hydrogens is 246 g/mol. The van der Waals surface area contributed by atoms with Gasteiger partial charge in [-0.3, -0.25) is 0 Å². The topological polar surface area (TPSA) is 37.8 Å². The third-order valence-electron chi connectivity index (χ3n) is 4.24. The van der Waals surface area contributed by atoms with Gasteiger partial charge in [0, 0.05) is 17.3 Å². The molecule has 1 aliphatic rings. The fourth-order valence-electron chi connectivity index (χ4n) is 2.76. The van der Waals surface area contributed by atoms with Gasteiger partial charge in [-0.2, -0.15) is 0 Å². The molecule has 0 spiro atoms. The largest absolute Gasteiger partial charge is 0.316 e. The summed E-state index contributed by atoms with van der Waals surface area (Å²) in [6.07, 6.45) is 6.15. The molecule has 112 valence electrons. The van der Waals surface area contributed by atoms with E-state index >= 15 is 0 Å². The lowest BCUT2D eigenvalue weighted by Gasteiger charge is -2.25. The van der Waals surface area contributed by atoms with Crippen LogP contribution in [0.2, 0.25) is 0 Å². The predicted molar refractivity (Wildman–Crippen MR) is 84.1 cm³/mol. The Morgan fingerprint density at radius 3 is 2.30 bits per heavy atom. The van der Waals surface area contributed by atoms with Gasteiger partial charge in [0.2, 0.25) is 0 Å². The van der Waals surface area contributed by atoms with Crippen LogP contribution in [0.25, 0.3) is 0 Å². The molecule has 3 heteroatoms. The van der Waals surface area contributed by atoms with Crippen LogP contribution in [0.15, 0.2) is 0 Å². The fourth-order valence-corrected chi connectivity index (χ4v) is 2.76. The standard InChI is InChI=1S/C17H29N3/c1-12(2)11-18-10-6-9-16-13(3)19-17(20-14(16)4)15-7-5-8-15/h12,15,18H,5-11H2,1-4H3. The van der Waals surface area contributed by atoms with Crippen molar-refractivity contribution in [2.45, 2.75) is 65.7 Å². The van der Waals surface area contributed by atoms with Crippen molar-refractivity contribution >= 4 is 0 Å². The highest BCUT2D eigenvalue weighted by Gasteiger charge is 2.23. The van der Waals surface area contributed by atoms with Crippen molar-refractivity contribution < 1.29 is 0 Å². The molecule has 20 heavy (non-hydrogen) atoms. The van der Waals surface area contributed by atoms with Gasteiger partial charge >= 0.3 is 0 Å². The van der Waals surface area contributed by atoms with Gasteiger partial charge in [-0.1, -0.05) is 20.3 Å². The second kappa shape index (κ2) is 7.16. The van der Waals surface area contributed by atoms with Crippen molar-refractivity contribution in [3.8, 4) is 0 Å². The van der Waals surface area contributed by atoms with E-state index in [0.717, 1.165) is 31.3 Å². The Balaban J connectivity index is 1.87. The molecule has 0 bridgehead atoms. The van der Waals surface area contributed by atoms with Crippen LogP contribution in [0.4, 0.5) is 0 Å². The molecule has 1 aromatic rings. The molecule has 0 amide bonds. The molecule has 1 heterocycles. The molecule has 0 atom stereocenters. The van der Waals surface area contributed by atoms with Crippen molar-refractivity contribution in [1.29, 1.82) is 0 Å². The zero-order valence-electron chi connectivity index (χ0n) is 13.5. The number of hydrogen-bond donors (Lipinski definition) is 1. The number of hydrogen-bond acceptors (Lipinski definition) is 3. The van der Waals surface area contributed by atoms with Crippen LogP contribution in [0.3, 0.4) is 0 Å². The molecule has 0 radical (unpaired) electrons. The van der Waals surface area contributed by atoms with Gasteiger partial charge in [0.1, 0.15) is 5.82 Å². The van der Waals surface area contributed by atoms with E-state index in [1.54, 1.807) is 0 Å². The second-order valence-corrected chi connectivity index (χ2v) is 6.56. The van der Waals surface area contributed by atoms with E-state index in [9.17, 15) is 0 Å². The molecule has 3 nitrogen and oxygen atoms in total. The van der Waals surface area contributed by atoms with Crippen LogP contribution >= 0.6 is 0 Å². The molecule has 1 aromatic heterocycles. The normalized spacial score (nSPS) is 15.7. The highest BCUT2D eigenvalue weighted by molar-refractivity contribution is 5.25. The van der Waals surface area contributed by atoms with Gasteiger partial charge in [0.25, 0.3) is 0 Å². The predicted octanol–water partition coefficient (Wildman–Crippen LogP) is 3.54. The lowest BCUT2D eigenvalue weighted by Crippen LogP contribution is -2.21. The van der Waals surface area contributed by atoms with Crippen LogP contribution in [0, 0.1) is 19.8 Å². The van der Waals surface area contributed by atoms with Crippen LogP contribution < -0.4 is 5.32 Å². The van der Waals surface area contributed by atoms with Crippen LogP contribution in [0.1, 0.15) is 68.2 Å². The minimum Gasteiger partial charge on any atom is -0.316 e. The monoisotopic (exact) mass is 275 g/mol. The number of nitrogens with one attached hydrogen (secondary N) is 1. The summed E-state index contributed by atoms with van der Waals surface area (Å²) in [7, 11) is 0. The van der Waals surface area contributed by atoms with E-state index in [-0.39, 0.29) is 0 Å². The van der Waals surface area contributed by atoms with Gasteiger partial charge in [0.15, 0.2) is 0 Å². The fraction of sp³-hybridized carbons (Fsp3) is 0.765. The van der Waals surface area contributed by atoms with E-state index in [1.165, 1.54) is 42.6 Å². The van der Waals surface area contributed by atoms with E-state index < -0.39 is 0 Å². The quantitative estimate of drug-likeness (QED) is 0.773. The Kier molecular flexibility index (Phi) is 5.53. The molecular formula is C17H29N3. The summed E-state index contributed by atoms with van der Waals surface area (Å²) in [6.45, 7) is 11.0. The molecule has 0 aromatic carbocycles. The lowest BCUT2D eigenvalue weighted by molar-refractivity contribution is 0.399. The van der Waals surface area contributed by atoms with Gasteiger partial charge in [0.05, 0.1) is 0 Å². The van der Waals surface area contributed by atoms with Gasteiger partial charge in [-0.05, 0) is 64.1 Å². The molecule has 2 rings (SSSR count). The van der Waals surface area contributed by atoms with Gasteiger partial charge < -0.3 is 5.32 Å². The van der Waals surface area contributed by atoms with Crippen LogP contribution in [-0.4, -0.2) is 23.1 Å². The first-order chi connectivity index (χ1) is 9.58. The third kappa shape index (κ3) is 4.02. The first-order valence-corrected chi connectivity index (χ1v) is 8.12. The summed E-state index contributed by atoms with van der Waals surface area (Å²) in [5.41, 5.74) is 3.76. The molecule has 0 saturated heterocycles. The van der Waals surface area contributed by atoms with Gasteiger partial charge in [-0.25, -0.2) is 9.97 Å². The molecule has 0 aliphatic heterocycles. The third-order valence-corrected chi connectivity index (χ3v) is 4.24. The zero-order chi connectivity index (χ0) is 14.5. The van der Waals surface area contributed by atoms with Crippen LogP contribution in [-0.2, 0) is 6.42 Å². The average molecular weight is 275 g/mol. The van der Waals surface area contributed by atoms with Crippen molar-refractivity contribution in [2.24, 2.45) is 5.92 Å². The maximum absolute atomic E-state index is 4.75. The number of aromatic nitrogens is 2. The van der Waals surface area contributed by atoms with E-state index in [0.29, 0.717) is 5.92 Å². The molecule has 1 fully saturated rings. The first kappa shape index (κ1) is 15.4. The minimum atomic E-state index is 0.633. The van der Waals surface area contributed by atoms with E-state index in [4.69, 9.17) is 9.97 Å². The van der Waals surface area contributed by atoms with Gasteiger partial charge in [-0.15, -0.1) is 0 Å². The summed E-state index contributed by atoms with van der Waals surface area (Å²) < 4.78 is 0. The summed E-state index contributed by atoms with van der Waals surface area (Å²) in [4.78, 5) is 9.50. The SMILES string of the molecule is Cc1nc(C2CCC2)nc(C)c1CCCNCC(C)C. The maximum atomic E-state index is 4.75. The summed E-state index contributed by atoms with van der Waals surface area (Å²) in [5.74, 6) is 2.45. The van der Waals surface area contributed by atoms with Crippen molar-refractivity contribution in [3.63, 3.8) is 0 Å². The molecule has 1 saturated carbocycles. The first-order valence-electron chi connectivity index (χ1n) is 8.12. The highest BCUT2D eigenvalue weighted by atomic mass is 14.9. The number of aryl methyl sites for hydroxylation is 2. The smallest absolute Gasteiger partial charge is 0.131 e. The Morgan fingerprint density at radius 1 is 1.15 bits per heavy atom. The summed E-state index contributed by atoms with van der Waals surface area (Å²) in [5, 5.41) is 3.50. The van der Waals surface area contributed by atoms with Crippen molar-refractivity contribution in [1.82, 2.24) is 15.3 Å². The Bertz CT molecular complexity index is 413. The Morgan fingerprint density at radius 2 is 1.80 bits per heavy atom. The van der Waals surface area contributed by atoms with E-state index in [1.807, 2.05) is 0 Å². The summed E-state index contributed by atoms with van der Waals surface area (Å²) in [6, 6.07) is 0. The van der Waals surface area contributed by atoms with E-state index in [2.05, 4.69) is 33.0 Å². The molecule has 1 N–H and O–H groups in total. The average Bonchev–Trinajstić information content (AvgIpc) is 2.29.